The summed E-state index contributed by atoms with van der Waals surface area (Å²) in [5.74, 6) is 0.948. The summed E-state index contributed by atoms with van der Waals surface area (Å²) in [4.78, 5) is 16.3. The molecule has 0 aromatic heterocycles. The van der Waals surface area contributed by atoms with Crippen molar-refractivity contribution in [2.24, 2.45) is 4.99 Å². The molecule has 2 aromatic carbocycles. The van der Waals surface area contributed by atoms with Crippen molar-refractivity contribution in [2.75, 3.05) is 13.7 Å². The van der Waals surface area contributed by atoms with Crippen LogP contribution in [0.5, 0.6) is 11.5 Å². The lowest BCUT2D eigenvalue weighted by Gasteiger charge is -2.36. The Morgan fingerprint density at radius 1 is 1.14 bits per heavy atom. The van der Waals surface area contributed by atoms with E-state index < -0.39 is 5.97 Å². The van der Waals surface area contributed by atoms with Gasteiger partial charge in [0.15, 0.2) is 11.5 Å². The number of benzene rings is 2. The second-order valence-electron chi connectivity index (χ2n) is 7.34. The average Bonchev–Trinajstić information content (AvgIpc) is 2.73. The molecule has 2 aromatic rings. The van der Waals surface area contributed by atoms with Gasteiger partial charge in [-0.25, -0.2) is 4.79 Å². The predicted molar refractivity (Wildman–Crippen MR) is 108 cm³/mol. The molecule has 0 saturated heterocycles. The summed E-state index contributed by atoms with van der Waals surface area (Å²) in [7, 11) is 1.65. The van der Waals surface area contributed by atoms with Crippen LogP contribution in [-0.4, -0.2) is 36.5 Å². The molecule has 146 valence electrons. The zero-order valence-electron chi connectivity index (χ0n) is 16.3. The third kappa shape index (κ3) is 3.26. The summed E-state index contributed by atoms with van der Waals surface area (Å²) < 4.78 is 11.4. The second kappa shape index (κ2) is 7.66. The molecule has 2 atom stereocenters. The minimum atomic E-state index is -0.923. The van der Waals surface area contributed by atoms with E-state index in [1.54, 1.807) is 19.2 Å². The number of rotatable bonds is 5. The van der Waals surface area contributed by atoms with Crippen molar-refractivity contribution in [3.63, 3.8) is 0 Å². The molecule has 1 aliphatic heterocycles. The zero-order chi connectivity index (χ0) is 19.7. The van der Waals surface area contributed by atoms with Gasteiger partial charge in [0.2, 0.25) is 0 Å². The molecule has 0 amide bonds. The van der Waals surface area contributed by atoms with Crippen LogP contribution >= 0.6 is 0 Å². The minimum Gasteiger partial charge on any atom is -0.493 e. The number of fused-ring (bicyclic) bond motifs is 3. The quantitative estimate of drug-likeness (QED) is 0.820. The highest BCUT2D eigenvalue weighted by molar-refractivity contribution is 6.15. The lowest BCUT2D eigenvalue weighted by molar-refractivity contribution is 0.0697. The summed E-state index contributed by atoms with van der Waals surface area (Å²) in [6.45, 7) is 2.56. The van der Waals surface area contributed by atoms with Gasteiger partial charge in [-0.05, 0) is 49.6 Å². The number of nitrogens with zero attached hydrogens (tertiary/aromatic N) is 1. The van der Waals surface area contributed by atoms with E-state index in [0.29, 0.717) is 18.3 Å². The first-order valence-electron chi connectivity index (χ1n) is 9.89. The van der Waals surface area contributed by atoms with Crippen LogP contribution in [0.2, 0.25) is 0 Å². The summed E-state index contributed by atoms with van der Waals surface area (Å²) in [6, 6.07) is 11.4. The Labute approximate surface area is 165 Å². The van der Waals surface area contributed by atoms with E-state index >= 15 is 0 Å². The third-order valence-corrected chi connectivity index (χ3v) is 5.72. The lowest BCUT2D eigenvalue weighted by atomic mass is 9.75. The highest BCUT2D eigenvalue weighted by Gasteiger charge is 2.34. The molecule has 5 nitrogen and oxygen atoms in total. The number of hydrogen-bond acceptors (Lipinski definition) is 4. The average molecular weight is 379 g/mol. The van der Waals surface area contributed by atoms with Crippen LogP contribution in [0.15, 0.2) is 41.4 Å². The van der Waals surface area contributed by atoms with Crippen LogP contribution in [0.3, 0.4) is 0 Å². The Hall–Kier alpha value is -2.82. The van der Waals surface area contributed by atoms with Gasteiger partial charge < -0.3 is 14.6 Å². The molecule has 0 spiro atoms. The summed E-state index contributed by atoms with van der Waals surface area (Å²) in [6.07, 6.45) is 4.62. The Morgan fingerprint density at radius 2 is 1.89 bits per heavy atom. The molecule has 5 heteroatoms. The molecule has 0 bridgehead atoms. The van der Waals surface area contributed by atoms with Crippen molar-refractivity contribution in [3.8, 4) is 11.5 Å². The van der Waals surface area contributed by atoms with Gasteiger partial charge in [0.05, 0.1) is 31.0 Å². The number of aromatic carboxylic acids is 1. The van der Waals surface area contributed by atoms with Crippen LogP contribution in [0.1, 0.15) is 65.6 Å². The number of carboxylic acids is 1. The maximum absolute atomic E-state index is 11.2. The molecule has 1 aliphatic carbocycles. The molecule has 1 saturated carbocycles. The van der Waals surface area contributed by atoms with Crippen LogP contribution in [0.25, 0.3) is 0 Å². The van der Waals surface area contributed by atoms with Gasteiger partial charge in [-0.1, -0.05) is 25.0 Å². The van der Waals surface area contributed by atoms with Gasteiger partial charge in [-0.3, -0.25) is 4.99 Å². The molecular formula is C23H25NO4. The number of methoxy groups -OCH3 is 1. The molecular weight excluding hydrogens is 354 g/mol. The van der Waals surface area contributed by atoms with Crippen molar-refractivity contribution < 1.29 is 19.4 Å². The van der Waals surface area contributed by atoms with Crippen LogP contribution in [0, 0.1) is 0 Å². The van der Waals surface area contributed by atoms with Gasteiger partial charge in [0.1, 0.15) is 0 Å². The largest absolute Gasteiger partial charge is 0.493 e. The fourth-order valence-electron chi connectivity index (χ4n) is 4.38. The molecule has 0 unspecified atom stereocenters. The molecule has 0 radical (unpaired) electrons. The first kappa shape index (κ1) is 18.5. The first-order valence-corrected chi connectivity index (χ1v) is 9.89. The maximum Gasteiger partial charge on any atom is 0.335 e. The van der Waals surface area contributed by atoms with Crippen LogP contribution in [-0.2, 0) is 0 Å². The van der Waals surface area contributed by atoms with E-state index in [4.69, 9.17) is 14.5 Å². The van der Waals surface area contributed by atoms with E-state index in [1.165, 1.54) is 18.4 Å². The summed E-state index contributed by atoms with van der Waals surface area (Å²) >= 11 is 0. The zero-order valence-corrected chi connectivity index (χ0v) is 16.3. The Bertz CT molecular complexity index is 917. The van der Waals surface area contributed by atoms with Gasteiger partial charge in [0.25, 0.3) is 0 Å². The van der Waals surface area contributed by atoms with Gasteiger partial charge in [-0.2, -0.15) is 0 Å². The topological polar surface area (TPSA) is 68.1 Å². The smallest absolute Gasteiger partial charge is 0.335 e. The monoisotopic (exact) mass is 379 g/mol. The van der Waals surface area contributed by atoms with Gasteiger partial charge in [0, 0.05) is 17.0 Å². The highest BCUT2D eigenvalue weighted by Crippen LogP contribution is 2.44. The normalized spacial score (nSPS) is 20.6. The minimum absolute atomic E-state index is 0.262. The summed E-state index contributed by atoms with van der Waals surface area (Å²) in [5, 5.41) is 9.19. The third-order valence-electron chi connectivity index (χ3n) is 5.72. The van der Waals surface area contributed by atoms with E-state index in [-0.39, 0.29) is 11.6 Å². The van der Waals surface area contributed by atoms with Crippen molar-refractivity contribution in [1.29, 1.82) is 0 Å². The van der Waals surface area contributed by atoms with E-state index in [2.05, 4.69) is 6.07 Å². The molecule has 1 fully saturated rings. The summed E-state index contributed by atoms with van der Waals surface area (Å²) in [5.41, 5.74) is 4.45. The standard InChI is InChI=1S/C23H25NO4/c1-3-28-21-12-17-16-6-4-5-7-19(16)24-22(18(17)13-20(21)27-2)14-8-10-15(11-9-14)23(25)26/h8-13,16,19H,3-7H2,1-2H3,(H,25,26)/t16-,19-/m1/s1. The maximum atomic E-state index is 11.2. The molecule has 2 aliphatic rings. The van der Waals surface area contributed by atoms with Crippen molar-refractivity contribution in [2.45, 2.75) is 44.6 Å². The second-order valence-corrected chi connectivity index (χ2v) is 7.34. The number of aliphatic imine (C=N–C) groups is 1. The van der Waals surface area contributed by atoms with Gasteiger partial charge >= 0.3 is 5.97 Å². The predicted octanol–water partition coefficient (Wildman–Crippen LogP) is 4.67. The SMILES string of the molecule is CCOc1cc2c(cc1OC)C(c1ccc(C(=O)O)cc1)=N[C@@H]1CCCC[C@H]21. The number of carbonyl (C=O) groups is 1. The van der Waals surface area contributed by atoms with E-state index in [9.17, 15) is 9.90 Å². The fraction of sp³-hybridized carbons (Fsp3) is 0.391. The molecule has 28 heavy (non-hydrogen) atoms. The van der Waals surface area contributed by atoms with Crippen LogP contribution < -0.4 is 9.47 Å². The lowest BCUT2D eigenvalue weighted by Crippen LogP contribution is -2.29. The van der Waals surface area contributed by atoms with Crippen molar-refractivity contribution >= 4 is 11.7 Å². The highest BCUT2D eigenvalue weighted by atomic mass is 16.5. The Balaban J connectivity index is 1.85. The van der Waals surface area contributed by atoms with Crippen molar-refractivity contribution in [1.82, 2.24) is 0 Å². The number of hydrogen-bond donors (Lipinski definition) is 1. The van der Waals surface area contributed by atoms with Crippen molar-refractivity contribution in [3.05, 3.63) is 58.7 Å². The first-order chi connectivity index (χ1) is 13.6. The van der Waals surface area contributed by atoms with E-state index in [1.807, 2.05) is 25.1 Å². The van der Waals surface area contributed by atoms with Crippen LogP contribution in [0.4, 0.5) is 0 Å². The Morgan fingerprint density at radius 3 is 2.57 bits per heavy atom. The van der Waals surface area contributed by atoms with E-state index in [0.717, 1.165) is 35.4 Å². The molecule has 1 N–H and O–H groups in total. The molecule has 4 rings (SSSR count). The van der Waals surface area contributed by atoms with Gasteiger partial charge in [-0.15, -0.1) is 0 Å². The number of ether oxygens (including phenoxy) is 2. The fourth-order valence-corrected chi connectivity index (χ4v) is 4.38. The Kier molecular flexibility index (Phi) is 5.07. The number of carboxylic acid groups (broad SMARTS) is 1. The molecule has 1 heterocycles.